The lowest BCUT2D eigenvalue weighted by Gasteiger charge is -2.32. The fourth-order valence-corrected chi connectivity index (χ4v) is 12.1. The van der Waals surface area contributed by atoms with Crippen molar-refractivity contribution in [3.8, 4) is 17.5 Å². The van der Waals surface area contributed by atoms with E-state index in [-0.39, 0.29) is 41.7 Å². The number of amides is 2. The van der Waals surface area contributed by atoms with Crippen LogP contribution in [0.5, 0.6) is 5.88 Å². The van der Waals surface area contributed by atoms with Crippen LogP contribution in [0.25, 0.3) is 11.6 Å². The van der Waals surface area contributed by atoms with Gasteiger partial charge in [0.15, 0.2) is 5.69 Å². The third kappa shape index (κ3) is 13.6. The number of alkyl halides is 6. The van der Waals surface area contributed by atoms with Crippen LogP contribution in [0.4, 0.5) is 41.6 Å². The van der Waals surface area contributed by atoms with Gasteiger partial charge in [-0.05, 0) is 109 Å². The molecule has 2 aromatic heterocycles. The number of carbonyl (C=O) groups is 2. The quantitative estimate of drug-likeness (QED) is 0.0377. The number of hydrogen-bond acceptors (Lipinski definition) is 10. The van der Waals surface area contributed by atoms with Crippen molar-refractivity contribution in [3.05, 3.63) is 157 Å². The number of imide groups is 1. The van der Waals surface area contributed by atoms with E-state index < -0.39 is 102 Å². The Morgan fingerprint density at radius 3 is 1.64 bits per heavy atom. The fourth-order valence-electron chi connectivity index (χ4n) is 7.65. The highest BCUT2D eigenvalue weighted by Crippen LogP contribution is 2.56. The molecule has 0 spiro atoms. The fraction of sp³-hybridized carbons (Fsp3) is 0.340. The van der Waals surface area contributed by atoms with Gasteiger partial charge in [-0.15, -0.1) is 16.8 Å². The van der Waals surface area contributed by atoms with E-state index in [1.807, 2.05) is 91.0 Å². The van der Waals surface area contributed by atoms with Crippen molar-refractivity contribution in [2.45, 2.75) is 110 Å². The average Bonchev–Trinajstić information content (AvgIpc) is 3.80. The van der Waals surface area contributed by atoms with E-state index >= 15 is 26.3 Å². The molecule has 0 saturated heterocycles. The van der Waals surface area contributed by atoms with E-state index in [4.69, 9.17) is 23.4 Å². The molecule has 11 nitrogen and oxygen atoms in total. The second-order valence-corrected chi connectivity index (χ2v) is 22.2. The van der Waals surface area contributed by atoms with E-state index in [9.17, 15) is 9.59 Å². The lowest BCUT2D eigenvalue weighted by atomic mass is 9.96. The van der Waals surface area contributed by atoms with Gasteiger partial charge in [0.05, 0.1) is 18.5 Å². The number of pyridine rings is 1. The van der Waals surface area contributed by atoms with E-state index in [1.165, 1.54) is 47.6 Å². The summed E-state index contributed by atoms with van der Waals surface area (Å²) in [5.41, 5.74) is -8.99. The zero-order chi connectivity index (χ0) is 51.8. The van der Waals surface area contributed by atoms with Crippen molar-refractivity contribution in [3.63, 3.8) is 0 Å². The molecule has 0 radical (unpaired) electrons. The first-order valence-electron chi connectivity index (χ1n) is 22.7. The second-order valence-electron chi connectivity index (χ2n) is 18.6. The molecule has 0 aliphatic carbocycles. The number of allylic oxidation sites excluding steroid dienone is 1. The highest BCUT2D eigenvalue weighted by atomic mass is 127. The summed E-state index contributed by atoms with van der Waals surface area (Å²) >= 11 is 0. The molecule has 2 heterocycles. The molecular weight excluding hydrogens is 1080 g/mol. The predicted octanol–water partition coefficient (Wildman–Crippen LogP) is 9.92. The van der Waals surface area contributed by atoms with Gasteiger partial charge in [-0.25, -0.2) is 14.6 Å². The normalized spacial score (nSPS) is 13.5. The Hall–Kier alpha value is -5.85. The van der Waals surface area contributed by atoms with Gasteiger partial charge in [-0.2, -0.15) is 31.2 Å². The summed E-state index contributed by atoms with van der Waals surface area (Å²) in [6.07, 6.45) is -13.8. The summed E-state index contributed by atoms with van der Waals surface area (Å²) in [5.74, 6) is -3.14. The van der Waals surface area contributed by atoms with Crippen LogP contribution in [-0.2, 0) is 32.6 Å². The van der Waals surface area contributed by atoms with Gasteiger partial charge < -0.3 is 47.3 Å². The van der Waals surface area contributed by atoms with E-state index in [0.29, 0.717) is 17.8 Å². The molecule has 6 rings (SSSR count). The van der Waals surface area contributed by atoms with Gasteiger partial charge in [0.1, 0.15) is 46.0 Å². The molecule has 0 bridgehead atoms. The van der Waals surface area contributed by atoms with Crippen LogP contribution in [0, 0.1) is 0 Å². The number of halogens is 7. The third-order valence-corrected chi connectivity index (χ3v) is 15.4. The Labute approximate surface area is 432 Å². The third-order valence-electron chi connectivity index (χ3n) is 10.9. The smallest absolute Gasteiger partial charge is 0.426 e. The minimum atomic E-state index is -5.28. The van der Waals surface area contributed by atoms with E-state index in [1.54, 1.807) is 37.3 Å². The van der Waals surface area contributed by atoms with Gasteiger partial charge in [-0.3, -0.25) is 0 Å². The van der Waals surface area contributed by atoms with Gasteiger partial charge in [0.25, 0.3) is 11.8 Å². The van der Waals surface area contributed by atoms with Crippen molar-refractivity contribution in [2.75, 3.05) is 11.1 Å². The van der Waals surface area contributed by atoms with Crippen LogP contribution in [0.3, 0.4) is 0 Å². The van der Waals surface area contributed by atoms with Crippen LogP contribution >= 0.6 is 7.26 Å². The van der Waals surface area contributed by atoms with Crippen molar-refractivity contribution >= 4 is 41.0 Å². The average molecular weight is 1130 g/mol. The number of nitrogens with zero attached hydrogens (tertiary/aromatic N) is 4. The van der Waals surface area contributed by atoms with Gasteiger partial charge >= 0.3 is 24.5 Å². The van der Waals surface area contributed by atoms with Crippen LogP contribution in [-0.4, -0.2) is 57.0 Å². The number of carbonyl (C=O) groups excluding carboxylic acids is 2. The number of ether oxygens (including phenoxy) is 4. The summed E-state index contributed by atoms with van der Waals surface area (Å²) in [4.78, 5) is 32.5. The number of rotatable bonds is 17. The van der Waals surface area contributed by atoms with Gasteiger partial charge in [0.2, 0.25) is 11.5 Å². The van der Waals surface area contributed by atoms with E-state index in [0.717, 1.165) is 15.9 Å². The molecule has 19 heteroatoms. The Kier molecular flexibility index (Phi) is 18.5. The predicted molar refractivity (Wildman–Crippen MR) is 261 cm³/mol. The molecule has 2 atom stereocenters. The molecule has 4 aromatic carbocycles. The van der Waals surface area contributed by atoms with Crippen LogP contribution in [0.2, 0.25) is 0 Å². The van der Waals surface area contributed by atoms with Crippen molar-refractivity contribution < 1.29 is 83.3 Å². The molecule has 6 aromatic rings. The molecule has 0 fully saturated rings. The molecule has 1 unspecified atom stereocenters. The first-order chi connectivity index (χ1) is 33.4. The molecule has 0 N–H and O–H groups in total. The first-order valence-corrected chi connectivity index (χ1v) is 24.7. The minimum absolute atomic E-state index is 0. The molecule has 0 saturated carbocycles. The highest BCUT2D eigenvalue weighted by Gasteiger charge is 2.61. The molecular formula is C53H56F6IN4O7P. The lowest BCUT2D eigenvalue weighted by Crippen LogP contribution is -3.00. The minimum Gasteiger partial charge on any atom is -1.00 e. The summed E-state index contributed by atoms with van der Waals surface area (Å²) < 4.78 is 122. The lowest BCUT2D eigenvalue weighted by molar-refractivity contribution is -0.299. The molecule has 0 aliphatic heterocycles. The molecule has 72 heavy (non-hydrogen) atoms. The maximum Gasteiger partial charge on any atom is 0.426 e. The van der Waals surface area contributed by atoms with Gasteiger partial charge in [0, 0.05) is 6.42 Å². The van der Waals surface area contributed by atoms with Crippen LogP contribution < -0.4 is 49.5 Å². The SMILES string of the molecule is C=CCCC(OCc1ccccc1)(c1nnc(-c2nc(O[C@H](C)CC[P+](c3ccccc3)(c3ccccc3)c3ccccc3)c(C(F)(F)F)cc2N(C(=O)OC(C)(C)C)C(=O)OC(C)(C)C)o1)C(F)(F)F.[I-]. The topological polar surface area (TPSA) is 126 Å². The number of anilines is 1. The highest BCUT2D eigenvalue weighted by molar-refractivity contribution is 7.95. The second kappa shape index (κ2) is 23.4. The largest absolute Gasteiger partial charge is 1.00 e. The maximum atomic E-state index is 15.5. The van der Waals surface area contributed by atoms with Crippen LogP contribution in [0.1, 0.15) is 84.7 Å². The number of benzene rings is 4. The molecule has 0 aliphatic rings. The Morgan fingerprint density at radius 2 is 1.21 bits per heavy atom. The van der Waals surface area contributed by atoms with Crippen molar-refractivity contribution in [1.82, 2.24) is 15.2 Å². The van der Waals surface area contributed by atoms with Crippen molar-refractivity contribution in [1.29, 1.82) is 0 Å². The Bertz CT molecular complexity index is 2610. The zero-order valence-corrected chi connectivity index (χ0v) is 43.8. The summed E-state index contributed by atoms with van der Waals surface area (Å²) in [6.45, 7) is 13.2. The van der Waals surface area contributed by atoms with Gasteiger partial charge in [-0.1, -0.05) is 91.0 Å². The van der Waals surface area contributed by atoms with Crippen molar-refractivity contribution in [2.24, 2.45) is 0 Å². The first kappa shape index (κ1) is 57.1. The summed E-state index contributed by atoms with van der Waals surface area (Å²) in [5, 5.41) is 10.7. The summed E-state index contributed by atoms with van der Waals surface area (Å²) in [7, 11) is -2.53. The number of aromatic nitrogens is 3. The monoisotopic (exact) mass is 1130 g/mol. The molecule has 384 valence electrons. The van der Waals surface area contributed by atoms with Crippen LogP contribution in [0.15, 0.2) is 144 Å². The maximum absolute atomic E-state index is 15.5. The zero-order valence-electron chi connectivity index (χ0n) is 40.8. The molecule has 2 amide bonds. The Morgan fingerprint density at radius 1 is 0.736 bits per heavy atom. The summed E-state index contributed by atoms with van der Waals surface area (Å²) in [6, 6.07) is 37.7. The standard InChI is InChI=1S/C53H56F6N4O7P.HI/c1-9-10-32-51(53(57,58)59,66-35-37-23-15-11-16-24-37)46-62-61-45(68-46)43-42(63(47(64)69-49(3,4)5)48(65)70-50(6,7)8)34-41(52(54,55)56)44(60-43)67-36(2)31-33-71(38-25-17-12-18-26-38,39-27-19-13-20-28-39)40-29-21-14-22-30-40;/h9,11-30,34,36H,1,10,31-33,35H2,2-8H3;1H/q+1;/p-1/t36-,51?;/m1./s1. The Balaban J connectivity index is 0.00000963. The van der Waals surface area contributed by atoms with E-state index in [2.05, 4.69) is 21.8 Å². The number of hydrogen-bond donors (Lipinski definition) is 0.